The monoisotopic (exact) mass is 262 g/mol. The highest BCUT2D eigenvalue weighted by Gasteiger charge is 2.18. The molecule has 1 aromatic carbocycles. The third-order valence-electron chi connectivity index (χ3n) is 3.02. The van der Waals surface area contributed by atoms with Crippen molar-refractivity contribution in [3.8, 4) is 0 Å². The number of hydrazine groups is 1. The fourth-order valence-electron chi connectivity index (χ4n) is 2.17. The van der Waals surface area contributed by atoms with Crippen LogP contribution in [0, 0.1) is 0 Å². The van der Waals surface area contributed by atoms with E-state index in [1.165, 1.54) is 32.1 Å². The van der Waals surface area contributed by atoms with Crippen LogP contribution in [0.25, 0.3) is 0 Å². The number of rotatable bonds is 2. The average molecular weight is 263 g/mol. The van der Waals surface area contributed by atoms with E-state index in [1.54, 1.807) is 0 Å². The van der Waals surface area contributed by atoms with E-state index in [0.717, 1.165) is 5.69 Å². The van der Waals surface area contributed by atoms with Gasteiger partial charge in [-0.15, -0.1) is 24.8 Å². The van der Waals surface area contributed by atoms with E-state index in [9.17, 15) is 0 Å². The Morgan fingerprint density at radius 3 is 2.06 bits per heavy atom. The summed E-state index contributed by atoms with van der Waals surface area (Å²) < 4.78 is 0. The summed E-state index contributed by atoms with van der Waals surface area (Å²) in [6.07, 6.45) is 6.51. The number of benzene rings is 1. The second kappa shape index (κ2) is 7.77. The first-order valence-electron chi connectivity index (χ1n) is 5.47. The Kier molecular flexibility index (Phi) is 7.56. The number of halogens is 2. The van der Waals surface area contributed by atoms with Crippen LogP contribution >= 0.6 is 24.8 Å². The maximum Gasteiger partial charge on any atom is 0.0520 e. The second-order valence-corrected chi connectivity index (χ2v) is 4.03. The Bertz CT molecular complexity index is 274. The van der Waals surface area contributed by atoms with Gasteiger partial charge in [0.15, 0.2) is 0 Å². The number of anilines is 1. The molecule has 1 aliphatic rings. The summed E-state index contributed by atoms with van der Waals surface area (Å²) in [6, 6.07) is 10.8. The van der Waals surface area contributed by atoms with Gasteiger partial charge in [-0.3, -0.25) is 0 Å². The van der Waals surface area contributed by atoms with Gasteiger partial charge in [0.25, 0.3) is 0 Å². The third-order valence-corrected chi connectivity index (χ3v) is 3.02. The van der Waals surface area contributed by atoms with Gasteiger partial charge >= 0.3 is 0 Å². The van der Waals surface area contributed by atoms with Crippen molar-refractivity contribution in [3.63, 3.8) is 0 Å². The van der Waals surface area contributed by atoms with E-state index in [0.29, 0.717) is 6.04 Å². The van der Waals surface area contributed by atoms with Gasteiger partial charge in [0.1, 0.15) is 0 Å². The molecule has 16 heavy (non-hydrogen) atoms. The Morgan fingerprint density at radius 1 is 0.938 bits per heavy atom. The maximum atomic E-state index is 6.10. The van der Waals surface area contributed by atoms with Crippen LogP contribution in [0.2, 0.25) is 0 Å². The molecule has 0 aromatic heterocycles. The largest absolute Gasteiger partial charge is 0.308 e. The van der Waals surface area contributed by atoms with Crippen LogP contribution in [0.5, 0.6) is 0 Å². The highest BCUT2D eigenvalue weighted by molar-refractivity contribution is 5.85. The van der Waals surface area contributed by atoms with Gasteiger partial charge in [-0.05, 0) is 25.0 Å². The summed E-state index contributed by atoms with van der Waals surface area (Å²) in [7, 11) is 0. The minimum Gasteiger partial charge on any atom is -0.308 e. The van der Waals surface area contributed by atoms with Crippen molar-refractivity contribution in [2.45, 2.75) is 38.1 Å². The van der Waals surface area contributed by atoms with Crippen LogP contribution in [-0.4, -0.2) is 6.04 Å². The highest BCUT2D eigenvalue weighted by atomic mass is 35.5. The molecule has 0 heterocycles. The standard InChI is InChI=1S/C12H18N2.2ClH/c13-14(11-7-3-1-4-8-11)12-9-5-2-6-10-12;;/h1,3-4,7-8,12H,2,5-6,9-10,13H2;2*1H. The lowest BCUT2D eigenvalue weighted by Crippen LogP contribution is -2.42. The van der Waals surface area contributed by atoms with E-state index in [2.05, 4.69) is 12.1 Å². The molecule has 0 saturated heterocycles. The lowest BCUT2D eigenvalue weighted by molar-refractivity contribution is 0.418. The normalized spacial score (nSPS) is 15.8. The van der Waals surface area contributed by atoms with E-state index >= 15 is 0 Å². The van der Waals surface area contributed by atoms with Crippen LogP contribution in [0.3, 0.4) is 0 Å². The molecule has 0 bridgehead atoms. The molecule has 1 aliphatic carbocycles. The van der Waals surface area contributed by atoms with E-state index in [-0.39, 0.29) is 24.8 Å². The topological polar surface area (TPSA) is 29.3 Å². The van der Waals surface area contributed by atoms with E-state index in [1.807, 2.05) is 23.2 Å². The van der Waals surface area contributed by atoms with E-state index in [4.69, 9.17) is 5.84 Å². The fraction of sp³-hybridized carbons (Fsp3) is 0.500. The molecule has 0 aliphatic heterocycles. The number of hydrogen-bond acceptors (Lipinski definition) is 2. The van der Waals surface area contributed by atoms with Crippen molar-refractivity contribution in [1.29, 1.82) is 0 Å². The Balaban J connectivity index is 0.00000112. The quantitative estimate of drug-likeness (QED) is 0.653. The molecule has 1 aromatic rings. The predicted octanol–water partition coefficient (Wildman–Crippen LogP) is 3.54. The molecule has 92 valence electrons. The lowest BCUT2D eigenvalue weighted by Gasteiger charge is -2.32. The van der Waals surface area contributed by atoms with Crippen LogP contribution in [0.4, 0.5) is 5.69 Å². The zero-order chi connectivity index (χ0) is 9.80. The summed E-state index contributed by atoms with van der Waals surface area (Å²) in [5.74, 6) is 6.10. The van der Waals surface area contributed by atoms with Gasteiger partial charge in [-0.1, -0.05) is 37.5 Å². The van der Waals surface area contributed by atoms with Crippen molar-refractivity contribution in [1.82, 2.24) is 0 Å². The first-order chi connectivity index (χ1) is 6.88. The Morgan fingerprint density at radius 2 is 1.50 bits per heavy atom. The highest BCUT2D eigenvalue weighted by Crippen LogP contribution is 2.24. The summed E-state index contributed by atoms with van der Waals surface area (Å²) in [5, 5.41) is 1.94. The van der Waals surface area contributed by atoms with Gasteiger partial charge in [0, 0.05) is 6.04 Å². The third kappa shape index (κ3) is 3.85. The molecule has 2 N–H and O–H groups in total. The van der Waals surface area contributed by atoms with Crippen LogP contribution in [-0.2, 0) is 0 Å². The number of nitrogens with two attached hydrogens (primary N) is 1. The van der Waals surface area contributed by atoms with Gasteiger partial charge in [-0.25, -0.2) is 5.84 Å². The Hall–Kier alpha value is -0.440. The molecule has 1 fully saturated rings. The molecule has 0 amide bonds. The molecule has 4 heteroatoms. The molecule has 0 spiro atoms. The zero-order valence-corrected chi connectivity index (χ0v) is 11.0. The van der Waals surface area contributed by atoms with Crippen molar-refractivity contribution in [3.05, 3.63) is 30.3 Å². The molecular weight excluding hydrogens is 243 g/mol. The summed E-state index contributed by atoms with van der Waals surface area (Å²) >= 11 is 0. The van der Waals surface area contributed by atoms with Crippen molar-refractivity contribution in [2.75, 3.05) is 5.01 Å². The van der Waals surface area contributed by atoms with Gasteiger partial charge in [0.2, 0.25) is 0 Å². The van der Waals surface area contributed by atoms with Gasteiger partial charge < -0.3 is 5.01 Å². The predicted molar refractivity (Wildman–Crippen MR) is 74.5 cm³/mol. The second-order valence-electron chi connectivity index (χ2n) is 4.03. The summed E-state index contributed by atoms with van der Waals surface area (Å²) in [6.45, 7) is 0. The van der Waals surface area contributed by atoms with Gasteiger partial charge in [0.05, 0.1) is 5.69 Å². The molecule has 0 radical (unpaired) electrons. The van der Waals surface area contributed by atoms with Crippen molar-refractivity contribution in [2.24, 2.45) is 5.84 Å². The number of para-hydroxylation sites is 1. The number of hydrogen-bond donors (Lipinski definition) is 1. The van der Waals surface area contributed by atoms with E-state index < -0.39 is 0 Å². The van der Waals surface area contributed by atoms with Crippen molar-refractivity contribution >= 4 is 30.5 Å². The number of nitrogens with zero attached hydrogens (tertiary/aromatic N) is 1. The molecule has 2 nitrogen and oxygen atoms in total. The smallest absolute Gasteiger partial charge is 0.0520 e. The molecule has 1 saturated carbocycles. The molecule has 0 unspecified atom stereocenters. The minimum atomic E-state index is 0. The molecule has 0 atom stereocenters. The Labute approximate surface area is 110 Å². The average Bonchev–Trinajstić information content (AvgIpc) is 2.30. The summed E-state index contributed by atoms with van der Waals surface area (Å²) in [4.78, 5) is 0. The first-order valence-corrected chi connectivity index (χ1v) is 5.47. The SMILES string of the molecule is Cl.Cl.NN(c1ccccc1)C1CCCCC1. The summed E-state index contributed by atoms with van der Waals surface area (Å²) in [5.41, 5.74) is 1.14. The van der Waals surface area contributed by atoms with Crippen LogP contribution in [0.1, 0.15) is 32.1 Å². The molecular formula is C12H20Cl2N2. The maximum absolute atomic E-state index is 6.10. The van der Waals surface area contributed by atoms with Crippen LogP contribution < -0.4 is 10.9 Å². The fourth-order valence-corrected chi connectivity index (χ4v) is 2.17. The van der Waals surface area contributed by atoms with Crippen molar-refractivity contribution < 1.29 is 0 Å². The minimum absolute atomic E-state index is 0. The zero-order valence-electron chi connectivity index (χ0n) is 9.34. The lowest BCUT2D eigenvalue weighted by atomic mass is 9.95. The van der Waals surface area contributed by atoms with Gasteiger partial charge in [-0.2, -0.15) is 0 Å². The molecule has 2 rings (SSSR count). The van der Waals surface area contributed by atoms with Crippen LogP contribution in [0.15, 0.2) is 30.3 Å². The first kappa shape index (κ1) is 15.6.